The summed E-state index contributed by atoms with van der Waals surface area (Å²) in [4.78, 5) is 11.5. The molecule has 22 heavy (non-hydrogen) atoms. The molecular weight excluding hydrogens is 308 g/mol. The fraction of sp³-hybridized carbons (Fsp3) is 0.286. The number of hydrogen-bond acceptors (Lipinski definition) is 6. The van der Waals surface area contributed by atoms with Crippen molar-refractivity contribution in [1.29, 1.82) is 0 Å². The molecule has 8 heteroatoms. The first kappa shape index (κ1) is 16.0. The summed E-state index contributed by atoms with van der Waals surface area (Å²) < 4.78 is 36.2. The van der Waals surface area contributed by atoms with Crippen molar-refractivity contribution >= 4 is 21.9 Å². The van der Waals surface area contributed by atoms with Gasteiger partial charge >= 0.3 is 5.97 Å². The number of anilines is 1. The summed E-state index contributed by atoms with van der Waals surface area (Å²) in [7, 11) is -2.42. The van der Waals surface area contributed by atoms with Crippen molar-refractivity contribution in [3.63, 3.8) is 0 Å². The van der Waals surface area contributed by atoms with Crippen LogP contribution in [-0.4, -0.2) is 26.7 Å². The van der Waals surface area contributed by atoms with Crippen molar-refractivity contribution in [2.24, 2.45) is 0 Å². The predicted octanol–water partition coefficient (Wildman–Crippen LogP) is 2.02. The molecule has 0 unspecified atom stereocenters. The Labute approximate surface area is 128 Å². The van der Waals surface area contributed by atoms with E-state index in [1.807, 2.05) is 0 Å². The van der Waals surface area contributed by atoms with Crippen LogP contribution in [-0.2, 0) is 20.5 Å². The summed E-state index contributed by atoms with van der Waals surface area (Å²) in [6.07, 6.45) is 0. The zero-order valence-electron chi connectivity index (χ0n) is 12.4. The van der Waals surface area contributed by atoms with Gasteiger partial charge in [-0.3, -0.25) is 4.72 Å². The van der Waals surface area contributed by atoms with Crippen LogP contribution in [0.3, 0.4) is 0 Å². The summed E-state index contributed by atoms with van der Waals surface area (Å²) in [6, 6.07) is 6.24. The van der Waals surface area contributed by atoms with Crippen LogP contribution in [0.5, 0.6) is 0 Å². The number of rotatable bonds is 5. The molecule has 0 radical (unpaired) electrons. The van der Waals surface area contributed by atoms with E-state index in [0.717, 1.165) is 0 Å². The topological polar surface area (TPSA) is 98.5 Å². The Morgan fingerprint density at radius 2 is 2.09 bits per heavy atom. The highest BCUT2D eigenvalue weighted by Gasteiger charge is 2.18. The lowest BCUT2D eigenvalue weighted by Gasteiger charge is -2.07. The largest absolute Gasteiger partial charge is 0.465 e. The predicted molar refractivity (Wildman–Crippen MR) is 80.0 cm³/mol. The number of hydrogen-bond donors (Lipinski definition) is 1. The number of carbonyl (C=O) groups excluding carboxylic acids is 1. The number of esters is 1. The van der Waals surface area contributed by atoms with E-state index in [1.165, 1.54) is 13.2 Å². The molecule has 0 aliphatic carbocycles. The molecule has 0 atom stereocenters. The minimum atomic E-state index is -3.68. The lowest BCUT2D eigenvalue weighted by atomic mass is 10.1. The van der Waals surface area contributed by atoms with Gasteiger partial charge in [-0.2, -0.15) is 0 Å². The van der Waals surface area contributed by atoms with E-state index in [1.54, 1.807) is 32.0 Å². The van der Waals surface area contributed by atoms with Crippen molar-refractivity contribution in [3.05, 3.63) is 46.6 Å². The van der Waals surface area contributed by atoms with Crippen molar-refractivity contribution in [2.75, 3.05) is 11.8 Å². The molecule has 1 aromatic heterocycles. The van der Waals surface area contributed by atoms with Gasteiger partial charge in [0.25, 0.3) is 0 Å². The van der Waals surface area contributed by atoms with Crippen LogP contribution in [0, 0.1) is 13.8 Å². The number of nitrogens with zero attached hydrogens (tertiary/aromatic N) is 1. The second-order valence-corrected chi connectivity index (χ2v) is 6.50. The second kappa shape index (κ2) is 6.18. The maximum atomic E-state index is 12.2. The average Bonchev–Trinajstić information content (AvgIpc) is 2.77. The first-order valence-electron chi connectivity index (χ1n) is 6.43. The molecule has 0 aliphatic rings. The third-order valence-corrected chi connectivity index (χ3v) is 4.32. The molecule has 0 amide bonds. The molecule has 0 saturated carbocycles. The van der Waals surface area contributed by atoms with Gasteiger partial charge in [0.05, 0.1) is 24.1 Å². The van der Waals surface area contributed by atoms with Crippen LogP contribution in [0.1, 0.15) is 27.2 Å². The van der Waals surface area contributed by atoms with E-state index in [-0.39, 0.29) is 11.6 Å². The highest BCUT2D eigenvalue weighted by molar-refractivity contribution is 7.91. The number of methoxy groups -OCH3 is 1. The number of carbonyl (C=O) groups is 1. The van der Waals surface area contributed by atoms with E-state index in [9.17, 15) is 13.2 Å². The monoisotopic (exact) mass is 324 g/mol. The number of ether oxygens (including phenoxy) is 1. The summed E-state index contributed by atoms with van der Waals surface area (Å²) in [6.45, 7) is 3.43. The Bertz CT molecular complexity index is 795. The third kappa shape index (κ3) is 3.64. The minimum Gasteiger partial charge on any atom is -0.465 e. The highest BCUT2D eigenvalue weighted by Crippen LogP contribution is 2.20. The SMILES string of the molecule is COC(=O)c1cccc(CS(=O)(=O)Nc2onc(C)c2C)c1. The molecule has 2 rings (SSSR count). The highest BCUT2D eigenvalue weighted by atomic mass is 32.2. The van der Waals surface area contributed by atoms with Gasteiger partial charge in [0.15, 0.2) is 0 Å². The lowest BCUT2D eigenvalue weighted by molar-refractivity contribution is 0.0600. The molecule has 0 aliphatic heterocycles. The van der Waals surface area contributed by atoms with Crippen LogP contribution < -0.4 is 4.72 Å². The van der Waals surface area contributed by atoms with E-state index in [2.05, 4.69) is 14.6 Å². The first-order valence-corrected chi connectivity index (χ1v) is 8.08. The van der Waals surface area contributed by atoms with E-state index < -0.39 is 16.0 Å². The van der Waals surface area contributed by atoms with E-state index >= 15 is 0 Å². The quantitative estimate of drug-likeness (QED) is 0.845. The summed E-state index contributed by atoms with van der Waals surface area (Å²) in [5.41, 5.74) is 2.00. The molecular formula is C14H16N2O5S. The molecule has 2 aromatic rings. The van der Waals surface area contributed by atoms with Crippen LogP contribution in [0.4, 0.5) is 5.88 Å². The van der Waals surface area contributed by atoms with Crippen LogP contribution >= 0.6 is 0 Å². The Hall–Kier alpha value is -2.35. The van der Waals surface area contributed by atoms with Gasteiger partial charge in [0, 0.05) is 5.56 Å². The Kier molecular flexibility index (Phi) is 4.51. The maximum Gasteiger partial charge on any atom is 0.337 e. The fourth-order valence-corrected chi connectivity index (χ4v) is 2.98. The molecule has 0 saturated heterocycles. The summed E-state index contributed by atoms with van der Waals surface area (Å²) in [5, 5.41) is 3.69. The third-order valence-electron chi connectivity index (χ3n) is 3.11. The molecule has 1 aromatic carbocycles. The van der Waals surface area contributed by atoms with Gasteiger partial charge in [-0.05, 0) is 31.5 Å². The number of aryl methyl sites for hydroxylation is 1. The smallest absolute Gasteiger partial charge is 0.337 e. The molecule has 1 N–H and O–H groups in total. The van der Waals surface area contributed by atoms with Gasteiger partial charge in [0.1, 0.15) is 0 Å². The standard InChI is InChI=1S/C14H16N2O5S/c1-9-10(2)15-21-13(9)16-22(18,19)8-11-5-4-6-12(7-11)14(17)20-3/h4-7,16H,8H2,1-3H3. The fourth-order valence-electron chi connectivity index (χ4n) is 1.81. The summed E-state index contributed by atoms with van der Waals surface area (Å²) >= 11 is 0. The molecule has 118 valence electrons. The van der Waals surface area contributed by atoms with Crippen molar-refractivity contribution < 1.29 is 22.5 Å². The minimum absolute atomic E-state index is 0.0987. The van der Waals surface area contributed by atoms with E-state index in [0.29, 0.717) is 22.4 Å². The molecule has 0 bridgehead atoms. The lowest BCUT2D eigenvalue weighted by Crippen LogP contribution is -2.15. The van der Waals surface area contributed by atoms with Gasteiger partial charge in [-0.15, -0.1) is 0 Å². The van der Waals surface area contributed by atoms with Crippen LogP contribution in [0.2, 0.25) is 0 Å². The van der Waals surface area contributed by atoms with E-state index in [4.69, 9.17) is 4.52 Å². The molecule has 7 nitrogen and oxygen atoms in total. The number of sulfonamides is 1. The zero-order chi connectivity index (χ0) is 16.3. The summed E-state index contributed by atoms with van der Waals surface area (Å²) in [5.74, 6) is -0.715. The first-order chi connectivity index (χ1) is 10.3. The van der Waals surface area contributed by atoms with Crippen LogP contribution in [0.15, 0.2) is 28.8 Å². The average molecular weight is 324 g/mol. The van der Waals surface area contributed by atoms with Gasteiger partial charge in [-0.1, -0.05) is 17.3 Å². The Morgan fingerprint density at radius 3 is 2.68 bits per heavy atom. The zero-order valence-corrected chi connectivity index (χ0v) is 13.2. The van der Waals surface area contributed by atoms with Crippen molar-refractivity contribution in [3.8, 4) is 0 Å². The normalized spacial score (nSPS) is 11.2. The van der Waals surface area contributed by atoms with Gasteiger partial charge in [0.2, 0.25) is 15.9 Å². The molecule has 0 fully saturated rings. The molecule has 1 heterocycles. The van der Waals surface area contributed by atoms with Gasteiger partial charge in [-0.25, -0.2) is 13.2 Å². The molecule has 0 spiro atoms. The Balaban J connectivity index is 2.18. The number of benzene rings is 1. The van der Waals surface area contributed by atoms with Crippen molar-refractivity contribution in [2.45, 2.75) is 19.6 Å². The van der Waals surface area contributed by atoms with Crippen LogP contribution in [0.25, 0.3) is 0 Å². The maximum absolute atomic E-state index is 12.2. The van der Waals surface area contributed by atoms with Gasteiger partial charge < -0.3 is 9.26 Å². The number of nitrogens with one attached hydrogen (secondary N) is 1. The number of aromatic nitrogens is 1. The second-order valence-electron chi connectivity index (χ2n) is 4.78. The van der Waals surface area contributed by atoms with Crippen molar-refractivity contribution in [1.82, 2.24) is 5.16 Å². The Morgan fingerprint density at radius 1 is 1.36 bits per heavy atom.